The van der Waals surface area contributed by atoms with E-state index in [0.717, 1.165) is 11.3 Å². The summed E-state index contributed by atoms with van der Waals surface area (Å²) in [4.78, 5) is 0. The van der Waals surface area contributed by atoms with Crippen LogP contribution in [0.1, 0.15) is 12.5 Å². The monoisotopic (exact) mass is 253 g/mol. The van der Waals surface area contributed by atoms with E-state index in [1.165, 1.54) is 0 Å². The molecule has 92 valence electrons. The lowest BCUT2D eigenvalue weighted by Crippen LogP contribution is -2.17. The summed E-state index contributed by atoms with van der Waals surface area (Å²) >= 11 is 6.14. The SMILES string of the molecule is CNC(C)/C=C/c1cc(Cl)c2c(c1)OCCO2. The molecular formula is C13H16ClNO2. The van der Waals surface area contributed by atoms with E-state index in [1.54, 1.807) is 0 Å². The van der Waals surface area contributed by atoms with Crippen LogP contribution >= 0.6 is 11.6 Å². The molecule has 1 atom stereocenters. The molecule has 1 aromatic rings. The van der Waals surface area contributed by atoms with Crippen LogP contribution in [0, 0.1) is 0 Å². The zero-order valence-corrected chi connectivity index (χ0v) is 10.8. The molecule has 4 heteroatoms. The highest BCUT2D eigenvalue weighted by Crippen LogP contribution is 2.38. The van der Waals surface area contributed by atoms with Gasteiger partial charge in [0.05, 0.1) is 5.02 Å². The predicted molar refractivity (Wildman–Crippen MR) is 70.0 cm³/mol. The second kappa shape index (κ2) is 5.43. The van der Waals surface area contributed by atoms with Crippen molar-refractivity contribution in [2.24, 2.45) is 0 Å². The van der Waals surface area contributed by atoms with Crippen LogP contribution in [0.5, 0.6) is 11.5 Å². The molecule has 0 aromatic heterocycles. The van der Waals surface area contributed by atoms with E-state index >= 15 is 0 Å². The normalized spacial score (nSPS) is 16.2. The fraction of sp³-hybridized carbons (Fsp3) is 0.385. The largest absolute Gasteiger partial charge is 0.486 e. The Hall–Kier alpha value is -1.19. The number of hydrogen-bond donors (Lipinski definition) is 1. The summed E-state index contributed by atoms with van der Waals surface area (Å²) in [7, 11) is 1.92. The van der Waals surface area contributed by atoms with Crippen molar-refractivity contribution >= 4 is 17.7 Å². The lowest BCUT2D eigenvalue weighted by molar-refractivity contribution is 0.171. The van der Waals surface area contributed by atoms with E-state index in [0.29, 0.717) is 30.0 Å². The third-order valence-corrected chi connectivity index (χ3v) is 2.93. The van der Waals surface area contributed by atoms with Gasteiger partial charge in [0.1, 0.15) is 13.2 Å². The summed E-state index contributed by atoms with van der Waals surface area (Å²) in [5.41, 5.74) is 1.02. The molecule has 17 heavy (non-hydrogen) atoms. The Bertz CT molecular complexity index is 432. The average molecular weight is 254 g/mol. The van der Waals surface area contributed by atoms with E-state index in [9.17, 15) is 0 Å². The summed E-state index contributed by atoms with van der Waals surface area (Å²) in [5, 5.41) is 3.73. The van der Waals surface area contributed by atoms with Crippen LogP contribution in [0.4, 0.5) is 0 Å². The maximum atomic E-state index is 6.14. The van der Waals surface area contributed by atoms with E-state index in [1.807, 2.05) is 25.3 Å². The van der Waals surface area contributed by atoms with Gasteiger partial charge < -0.3 is 14.8 Å². The zero-order chi connectivity index (χ0) is 12.3. The molecule has 0 spiro atoms. The minimum Gasteiger partial charge on any atom is -0.486 e. The van der Waals surface area contributed by atoms with Crippen molar-refractivity contribution in [1.82, 2.24) is 5.32 Å². The molecule has 1 unspecified atom stereocenters. The van der Waals surface area contributed by atoms with Gasteiger partial charge in [-0.05, 0) is 31.7 Å². The molecule has 3 nitrogen and oxygen atoms in total. The van der Waals surface area contributed by atoms with Gasteiger partial charge in [0.15, 0.2) is 11.5 Å². The topological polar surface area (TPSA) is 30.5 Å². The molecule has 1 aliphatic heterocycles. The number of likely N-dealkylation sites (N-methyl/N-ethyl adjacent to an activating group) is 1. The number of halogens is 1. The highest BCUT2D eigenvalue weighted by molar-refractivity contribution is 6.32. The Labute approximate surface area is 106 Å². The first-order chi connectivity index (χ1) is 8.20. The molecular weight excluding hydrogens is 238 g/mol. The first-order valence-electron chi connectivity index (χ1n) is 5.65. The van der Waals surface area contributed by atoms with Gasteiger partial charge in [-0.3, -0.25) is 0 Å². The first kappa shape index (κ1) is 12.3. The van der Waals surface area contributed by atoms with Crippen molar-refractivity contribution in [3.63, 3.8) is 0 Å². The van der Waals surface area contributed by atoms with E-state index in [-0.39, 0.29) is 0 Å². The van der Waals surface area contributed by atoms with Gasteiger partial charge in [-0.25, -0.2) is 0 Å². The van der Waals surface area contributed by atoms with Crippen molar-refractivity contribution in [3.05, 3.63) is 28.8 Å². The van der Waals surface area contributed by atoms with Gasteiger partial charge in [-0.1, -0.05) is 23.8 Å². The summed E-state index contributed by atoms with van der Waals surface area (Å²) in [6.45, 7) is 3.21. The molecule has 0 fully saturated rings. The third-order valence-electron chi connectivity index (χ3n) is 2.65. The zero-order valence-electron chi connectivity index (χ0n) is 10.00. The van der Waals surface area contributed by atoms with Crippen LogP contribution in [-0.2, 0) is 0 Å². The Balaban J connectivity index is 2.25. The molecule has 0 aliphatic carbocycles. The molecule has 1 heterocycles. The molecule has 0 bridgehead atoms. The molecule has 0 amide bonds. The lowest BCUT2D eigenvalue weighted by Gasteiger charge is -2.19. The van der Waals surface area contributed by atoms with E-state index in [4.69, 9.17) is 21.1 Å². The van der Waals surface area contributed by atoms with Crippen LogP contribution in [0.15, 0.2) is 18.2 Å². The minimum atomic E-state index is 0.321. The molecule has 1 aliphatic rings. The summed E-state index contributed by atoms with van der Waals surface area (Å²) in [6.07, 6.45) is 4.09. The average Bonchev–Trinajstić information content (AvgIpc) is 2.36. The van der Waals surface area contributed by atoms with Crippen molar-refractivity contribution in [2.45, 2.75) is 13.0 Å². The number of nitrogens with one attached hydrogen (secondary N) is 1. The standard InChI is InChI=1S/C13H16ClNO2/c1-9(15-2)3-4-10-7-11(14)13-12(8-10)16-5-6-17-13/h3-4,7-9,15H,5-6H2,1-2H3/b4-3+. The molecule has 1 N–H and O–H groups in total. The van der Waals surface area contributed by atoms with E-state index < -0.39 is 0 Å². The van der Waals surface area contributed by atoms with Crippen molar-refractivity contribution < 1.29 is 9.47 Å². The van der Waals surface area contributed by atoms with Crippen LogP contribution < -0.4 is 14.8 Å². The number of fused-ring (bicyclic) bond motifs is 1. The number of rotatable bonds is 3. The van der Waals surface area contributed by atoms with Crippen molar-refractivity contribution in [3.8, 4) is 11.5 Å². The van der Waals surface area contributed by atoms with Crippen molar-refractivity contribution in [2.75, 3.05) is 20.3 Å². The highest BCUT2D eigenvalue weighted by Gasteiger charge is 2.15. The Morgan fingerprint density at radius 2 is 2.12 bits per heavy atom. The van der Waals surface area contributed by atoms with Gasteiger partial charge >= 0.3 is 0 Å². The molecule has 1 aromatic carbocycles. The van der Waals surface area contributed by atoms with Gasteiger partial charge in [-0.2, -0.15) is 0 Å². The fourth-order valence-electron chi connectivity index (χ4n) is 1.58. The van der Waals surface area contributed by atoms with Gasteiger partial charge in [0.25, 0.3) is 0 Å². The molecule has 2 rings (SSSR count). The van der Waals surface area contributed by atoms with Crippen LogP contribution in [0.3, 0.4) is 0 Å². The second-order valence-corrected chi connectivity index (χ2v) is 4.37. The molecule has 0 saturated heterocycles. The van der Waals surface area contributed by atoms with Crippen molar-refractivity contribution in [1.29, 1.82) is 0 Å². The van der Waals surface area contributed by atoms with E-state index in [2.05, 4.69) is 18.3 Å². The summed E-state index contributed by atoms with van der Waals surface area (Å²) in [6, 6.07) is 4.15. The smallest absolute Gasteiger partial charge is 0.179 e. The van der Waals surface area contributed by atoms with Gasteiger partial charge in [0.2, 0.25) is 0 Å². The van der Waals surface area contributed by atoms with Gasteiger partial charge in [-0.15, -0.1) is 0 Å². The highest BCUT2D eigenvalue weighted by atomic mass is 35.5. The first-order valence-corrected chi connectivity index (χ1v) is 6.03. The number of benzene rings is 1. The maximum Gasteiger partial charge on any atom is 0.179 e. The quantitative estimate of drug-likeness (QED) is 0.899. The number of hydrogen-bond acceptors (Lipinski definition) is 3. The Kier molecular flexibility index (Phi) is 3.92. The summed E-state index contributed by atoms with van der Waals surface area (Å²) in [5.74, 6) is 1.37. The Morgan fingerprint density at radius 1 is 1.35 bits per heavy atom. The van der Waals surface area contributed by atoms with Gasteiger partial charge in [0, 0.05) is 6.04 Å². The molecule has 0 radical (unpaired) electrons. The number of ether oxygens (including phenoxy) is 2. The summed E-state index contributed by atoms with van der Waals surface area (Å²) < 4.78 is 11.0. The third kappa shape index (κ3) is 2.93. The maximum absolute atomic E-state index is 6.14. The van der Waals surface area contributed by atoms with Crippen LogP contribution in [0.2, 0.25) is 5.02 Å². The van der Waals surface area contributed by atoms with Crippen LogP contribution in [0.25, 0.3) is 6.08 Å². The minimum absolute atomic E-state index is 0.321. The van der Waals surface area contributed by atoms with Crippen LogP contribution in [-0.4, -0.2) is 26.3 Å². The fourth-order valence-corrected chi connectivity index (χ4v) is 1.85. The molecule has 0 saturated carbocycles. The Morgan fingerprint density at radius 3 is 2.88 bits per heavy atom. The predicted octanol–water partition coefficient (Wildman–Crippen LogP) is 2.73. The second-order valence-electron chi connectivity index (χ2n) is 3.96. The lowest BCUT2D eigenvalue weighted by atomic mass is 10.1.